The molecule has 0 bridgehead atoms. The van der Waals surface area contributed by atoms with Crippen molar-refractivity contribution in [2.24, 2.45) is 5.14 Å². The van der Waals surface area contributed by atoms with Crippen LogP contribution in [0.5, 0.6) is 0 Å². The van der Waals surface area contributed by atoms with Gasteiger partial charge in [0.05, 0.1) is 5.75 Å². The van der Waals surface area contributed by atoms with Gasteiger partial charge >= 0.3 is 0 Å². The molecule has 0 aliphatic rings. The molecule has 0 amide bonds. The second-order valence-corrected chi connectivity index (χ2v) is 4.41. The van der Waals surface area contributed by atoms with Gasteiger partial charge in [-0.25, -0.2) is 13.6 Å². The highest BCUT2D eigenvalue weighted by molar-refractivity contribution is 7.88. The first-order valence-electron chi connectivity index (χ1n) is 3.53. The topological polar surface area (TPSA) is 60.2 Å². The molecule has 0 fully saturated rings. The van der Waals surface area contributed by atoms with Crippen molar-refractivity contribution in [3.8, 4) is 0 Å². The normalized spacial score (nSPS) is 11.5. The predicted octanol–water partition coefficient (Wildman–Crippen LogP) is 0.784. The Balaban J connectivity index is 2.85. The predicted molar refractivity (Wildman–Crippen MR) is 48.0 cm³/mol. The van der Waals surface area contributed by atoms with Gasteiger partial charge in [0.2, 0.25) is 10.0 Å². The third kappa shape index (κ3) is 3.02. The molecule has 1 aromatic rings. The van der Waals surface area contributed by atoms with Crippen molar-refractivity contribution in [2.45, 2.75) is 12.7 Å². The van der Waals surface area contributed by atoms with Crippen molar-refractivity contribution >= 4 is 10.0 Å². The summed E-state index contributed by atoms with van der Waals surface area (Å²) in [7, 11) is -3.39. The van der Waals surface area contributed by atoms with Crippen LogP contribution in [0.4, 0.5) is 0 Å². The number of nitrogens with two attached hydrogens (primary N) is 1. The van der Waals surface area contributed by atoms with Crippen molar-refractivity contribution in [1.82, 2.24) is 0 Å². The molecule has 0 saturated heterocycles. The average molecular weight is 185 g/mol. The Hall–Kier alpha value is -0.870. The average Bonchev–Trinajstić information content (AvgIpc) is 1.91. The first-order chi connectivity index (χ1) is 5.47. The lowest BCUT2D eigenvalue weighted by Crippen LogP contribution is -2.14. The van der Waals surface area contributed by atoms with E-state index in [0.717, 1.165) is 11.1 Å². The number of benzene rings is 1. The molecule has 1 rings (SSSR count). The van der Waals surface area contributed by atoms with Crippen molar-refractivity contribution in [2.75, 3.05) is 0 Å². The Morgan fingerprint density at radius 2 is 1.75 bits per heavy atom. The molecular weight excluding hydrogens is 174 g/mol. The van der Waals surface area contributed by atoms with Gasteiger partial charge < -0.3 is 0 Å². The van der Waals surface area contributed by atoms with E-state index in [0.29, 0.717) is 0 Å². The fraction of sp³-hybridized carbons (Fsp3) is 0.250. The lowest BCUT2D eigenvalue weighted by molar-refractivity contribution is 0.597. The van der Waals surface area contributed by atoms with Crippen LogP contribution in [0.1, 0.15) is 11.1 Å². The standard InChI is InChI=1S/C8H11NO2S/c1-7-2-4-8(5-3-7)6-12(9,10)11/h2-5H,6H2,1H3,(H2,9,10,11). The Morgan fingerprint density at radius 1 is 1.25 bits per heavy atom. The number of hydrogen-bond donors (Lipinski definition) is 1. The van der Waals surface area contributed by atoms with Gasteiger partial charge in [0.1, 0.15) is 0 Å². The van der Waals surface area contributed by atoms with E-state index in [9.17, 15) is 8.42 Å². The van der Waals surface area contributed by atoms with Gasteiger partial charge in [0.25, 0.3) is 0 Å². The Bertz CT molecular complexity index is 353. The van der Waals surface area contributed by atoms with Gasteiger partial charge in [-0.05, 0) is 12.5 Å². The third-order valence-electron chi connectivity index (χ3n) is 1.49. The molecular formula is C8H11NO2S. The summed E-state index contributed by atoms with van der Waals surface area (Å²) in [5, 5.41) is 4.88. The maximum absolute atomic E-state index is 10.7. The largest absolute Gasteiger partial charge is 0.228 e. The third-order valence-corrected chi connectivity index (χ3v) is 2.22. The maximum Gasteiger partial charge on any atom is 0.213 e. The molecule has 3 nitrogen and oxygen atoms in total. The molecule has 0 radical (unpaired) electrons. The summed E-state index contributed by atoms with van der Waals surface area (Å²) in [5.74, 6) is -0.0900. The molecule has 0 heterocycles. The SMILES string of the molecule is Cc1ccc(CS(N)(=O)=O)cc1. The van der Waals surface area contributed by atoms with Crippen LogP contribution >= 0.6 is 0 Å². The highest BCUT2D eigenvalue weighted by atomic mass is 32.2. The van der Waals surface area contributed by atoms with Gasteiger partial charge in [-0.3, -0.25) is 0 Å². The number of primary sulfonamides is 1. The number of aryl methyl sites for hydroxylation is 1. The fourth-order valence-electron chi connectivity index (χ4n) is 0.917. The summed E-state index contributed by atoms with van der Waals surface area (Å²) in [6.45, 7) is 1.95. The van der Waals surface area contributed by atoms with E-state index >= 15 is 0 Å². The van der Waals surface area contributed by atoms with E-state index in [-0.39, 0.29) is 5.75 Å². The van der Waals surface area contributed by atoms with Gasteiger partial charge in [-0.15, -0.1) is 0 Å². The van der Waals surface area contributed by atoms with E-state index in [1.165, 1.54) is 0 Å². The number of hydrogen-bond acceptors (Lipinski definition) is 2. The van der Waals surface area contributed by atoms with Crippen LogP contribution in [-0.2, 0) is 15.8 Å². The van der Waals surface area contributed by atoms with Crippen LogP contribution in [-0.4, -0.2) is 8.42 Å². The zero-order chi connectivity index (χ0) is 9.19. The Kier molecular flexibility index (Phi) is 2.49. The number of sulfonamides is 1. The molecule has 1 aromatic carbocycles. The van der Waals surface area contributed by atoms with E-state index in [1.807, 2.05) is 19.1 Å². The molecule has 0 spiro atoms. The lowest BCUT2D eigenvalue weighted by atomic mass is 10.2. The zero-order valence-corrected chi connectivity index (χ0v) is 7.64. The quantitative estimate of drug-likeness (QED) is 0.740. The monoisotopic (exact) mass is 185 g/mol. The van der Waals surface area contributed by atoms with Crippen molar-refractivity contribution in [1.29, 1.82) is 0 Å². The first-order valence-corrected chi connectivity index (χ1v) is 5.25. The first kappa shape index (κ1) is 9.22. The second-order valence-electron chi connectivity index (χ2n) is 2.79. The molecule has 12 heavy (non-hydrogen) atoms. The summed E-state index contributed by atoms with van der Waals surface area (Å²) in [6.07, 6.45) is 0. The minimum atomic E-state index is -3.39. The highest BCUT2D eigenvalue weighted by Gasteiger charge is 2.03. The Morgan fingerprint density at radius 3 is 2.17 bits per heavy atom. The molecule has 0 aliphatic heterocycles. The summed E-state index contributed by atoms with van der Waals surface area (Å²) in [4.78, 5) is 0. The van der Waals surface area contributed by atoms with E-state index in [2.05, 4.69) is 0 Å². The van der Waals surface area contributed by atoms with Crippen LogP contribution in [0.3, 0.4) is 0 Å². The molecule has 0 saturated carbocycles. The summed E-state index contributed by atoms with van der Waals surface area (Å²) >= 11 is 0. The van der Waals surface area contributed by atoms with Crippen molar-refractivity contribution in [3.63, 3.8) is 0 Å². The van der Waals surface area contributed by atoms with Crippen LogP contribution in [0.15, 0.2) is 24.3 Å². The minimum absolute atomic E-state index is 0.0900. The van der Waals surface area contributed by atoms with Crippen LogP contribution in [0, 0.1) is 6.92 Å². The van der Waals surface area contributed by atoms with Crippen LogP contribution < -0.4 is 5.14 Å². The molecule has 66 valence electrons. The van der Waals surface area contributed by atoms with Gasteiger partial charge in [0, 0.05) is 0 Å². The second kappa shape index (κ2) is 3.25. The van der Waals surface area contributed by atoms with E-state index < -0.39 is 10.0 Å². The molecule has 0 atom stereocenters. The van der Waals surface area contributed by atoms with E-state index in [4.69, 9.17) is 5.14 Å². The van der Waals surface area contributed by atoms with Gasteiger partial charge in [0.15, 0.2) is 0 Å². The lowest BCUT2D eigenvalue weighted by Gasteiger charge is -1.98. The Labute approximate surface area is 72.3 Å². The zero-order valence-electron chi connectivity index (χ0n) is 6.82. The van der Waals surface area contributed by atoms with Crippen LogP contribution in [0.25, 0.3) is 0 Å². The number of rotatable bonds is 2. The van der Waals surface area contributed by atoms with Gasteiger partial charge in [-0.1, -0.05) is 29.8 Å². The highest BCUT2D eigenvalue weighted by Crippen LogP contribution is 2.05. The maximum atomic E-state index is 10.7. The molecule has 0 aromatic heterocycles. The van der Waals surface area contributed by atoms with Crippen LogP contribution in [0.2, 0.25) is 0 Å². The minimum Gasteiger partial charge on any atom is -0.228 e. The van der Waals surface area contributed by atoms with Crippen molar-refractivity contribution < 1.29 is 8.42 Å². The summed E-state index contributed by atoms with van der Waals surface area (Å²) in [6, 6.07) is 7.25. The van der Waals surface area contributed by atoms with E-state index in [1.54, 1.807) is 12.1 Å². The molecule has 0 unspecified atom stereocenters. The smallest absolute Gasteiger partial charge is 0.213 e. The molecule has 4 heteroatoms. The van der Waals surface area contributed by atoms with Crippen molar-refractivity contribution in [3.05, 3.63) is 35.4 Å². The molecule has 0 aliphatic carbocycles. The summed E-state index contributed by atoms with van der Waals surface area (Å²) < 4.78 is 21.3. The molecule has 2 N–H and O–H groups in total. The van der Waals surface area contributed by atoms with Gasteiger partial charge in [-0.2, -0.15) is 0 Å². The fourth-order valence-corrected chi connectivity index (χ4v) is 1.57. The summed E-state index contributed by atoms with van der Waals surface area (Å²) in [5.41, 5.74) is 1.83.